The maximum atomic E-state index is 10.1. The second-order valence-corrected chi connectivity index (χ2v) is 4.96. The van der Waals surface area contributed by atoms with Crippen molar-refractivity contribution in [2.45, 2.75) is 0 Å². The molecule has 1 radical (unpaired) electrons. The summed E-state index contributed by atoms with van der Waals surface area (Å²) >= 11 is 0. The summed E-state index contributed by atoms with van der Waals surface area (Å²) in [6, 6.07) is 24.2. The minimum Gasteiger partial charge on any atom is -0.545 e. The molecule has 0 bridgehead atoms. The molecule has 3 aromatic rings. The first-order valence-corrected chi connectivity index (χ1v) is 7.71. The third-order valence-corrected chi connectivity index (χ3v) is 3.03. The van der Waals surface area contributed by atoms with Crippen LogP contribution in [0.15, 0.2) is 91.0 Å². The third-order valence-electron chi connectivity index (χ3n) is 3.03. The summed E-state index contributed by atoms with van der Waals surface area (Å²) in [4.78, 5) is 30.3. The van der Waals surface area contributed by atoms with Crippen molar-refractivity contribution in [1.82, 2.24) is 0 Å². The van der Waals surface area contributed by atoms with Crippen LogP contribution < -0.4 is 15.3 Å². The van der Waals surface area contributed by atoms with E-state index in [4.69, 9.17) is 0 Å². The van der Waals surface area contributed by atoms with E-state index in [9.17, 15) is 29.7 Å². The van der Waals surface area contributed by atoms with Gasteiger partial charge in [0.2, 0.25) is 0 Å². The minimum absolute atomic E-state index is 0. The number of carbonyl (C=O) groups is 3. The zero-order valence-electron chi connectivity index (χ0n) is 14.5. The number of carboxylic acid groups (broad SMARTS) is 3. The van der Waals surface area contributed by atoms with Crippen molar-refractivity contribution in [3.05, 3.63) is 108 Å². The van der Waals surface area contributed by atoms with Gasteiger partial charge in [-0.1, -0.05) is 91.0 Å². The zero-order valence-corrected chi connectivity index (χ0v) is 15.8. The van der Waals surface area contributed by atoms with Gasteiger partial charge < -0.3 is 29.7 Å². The van der Waals surface area contributed by atoms with Gasteiger partial charge in [0, 0.05) is 0 Å². The fourth-order valence-electron chi connectivity index (χ4n) is 1.72. The molecule has 0 atom stereocenters. The van der Waals surface area contributed by atoms with Crippen LogP contribution in [0.4, 0.5) is 0 Å². The quantitative estimate of drug-likeness (QED) is 0.600. The van der Waals surface area contributed by atoms with Crippen LogP contribution >= 0.6 is 0 Å². The molecule has 6 nitrogen and oxygen atoms in total. The van der Waals surface area contributed by atoms with Crippen LogP contribution in [0.1, 0.15) is 31.1 Å². The van der Waals surface area contributed by atoms with E-state index in [0.29, 0.717) is 0 Å². The molecule has 28 heavy (non-hydrogen) atoms. The van der Waals surface area contributed by atoms with Gasteiger partial charge in [0.05, 0.1) is 17.9 Å². The van der Waals surface area contributed by atoms with E-state index in [1.54, 1.807) is 54.6 Å². The number of carbonyl (C=O) groups excluding carboxylic acids is 3. The van der Waals surface area contributed by atoms with Crippen molar-refractivity contribution in [2.24, 2.45) is 0 Å². The van der Waals surface area contributed by atoms with Gasteiger partial charge in [0.1, 0.15) is 0 Å². The second-order valence-electron chi connectivity index (χ2n) is 4.96. The molecule has 0 amide bonds. The van der Waals surface area contributed by atoms with Gasteiger partial charge >= 0.3 is 17.4 Å². The number of rotatable bonds is 3. The van der Waals surface area contributed by atoms with Crippen molar-refractivity contribution >= 4 is 17.9 Å². The Labute approximate surface area is 172 Å². The summed E-state index contributed by atoms with van der Waals surface area (Å²) in [6.07, 6.45) is 0. The van der Waals surface area contributed by atoms with Crippen molar-refractivity contribution in [3.63, 3.8) is 0 Å². The molecule has 0 heterocycles. The molecule has 141 valence electrons. The Morgan fingerprint density at radius 2 is 0.607 bits per heavy atom. The van der Waals surface area contributed by atoms with Crippen molar-refractivity contribution in [3.8, 4) is 0 Å². The van der Waals surface area contributed by atoms with E-state index in [-0.39, 0.29) is 34.1 Å². The maximum absolute atomic E-state index is 10.1. The van der Waals surface area contributed by atoms with Crippen molar-refractivity contribution in [2.75, 3.05) is 0 Å². The Bertz CT molecular complexity index is 734. The van der Waals surface area contributed by atoms with Crippen LogP contribution in [0.25, 0.3) is 0 Å². The Kier molecular flexibility index (Phi) is 12.1. The van der Waals surface area contributed by atoms with Gasteiger partial charge in [-0.05, 0) is 16.7 Å². The van der Waals surface area contributed by atoms with E-state index >= 15 is 0 Å². The Morgan fingerprint density at radius 3 is 0.714 bits per heavy atom. The first-order chi connectivity index (χ1) is 12.9. The minimum atomic E-state index is -1.13. The molecule has 0 aliphatic heterocycles. The predicted molar refractivity (Wildman–Crippen MR) is 92.3 cm³/mol. The van der Waals surface area contributed by atoms with Crippen LogP contribution in [-0.2, 0) is 17.4 Å². The van der Waals surface area contributed by atoms with Crippen LogP contribution in [0, 0.1) is 0 Å². The Morgan fingerprint density at radius 1 is 0.429 bits per heavy atom. The average Bonchev–Trinajstić information content (AvgIpc) is 2.71. The summed E-state index contributed by atoms with van der Waals surface area (Å²) in [5.74, 6) is -3.39. The van der Waals surface area contributed by atoms with Crippen molar-refractivity contribution in [1.29, 1.82) is 0 Å². The summed E-state index contributed by atoms with van der Waals surface area (Å²) < 4.78 is 0. The SMILES string of the molecule is O=C([O-])c1ccccc1.O=C([O-])c1ccccc1.O=C([O-])c1ccccc1.[Cr+3]. The molecular weight excluding hydrogens is 400 g/mol. The van der Waals surface area contributed by atoms with Gasteiger partial charge in [-0.15, -0.1) is 0 Å². The number of hydrogen-bond acceptors (Lipinski definition) is 6. The molecule has 0 saturated carbocycles. The Balaban J connectivity index is 0.000000384. The molecule has 0 unspecified atom stereocenters. The Hall–Kier alpha value is -3.40. The smallest absolute Gasteiger partial charge is 0.545 e. The van der Waals surface area contributed by atoms with E-state index in [1.807, 2.05) is 0 Å². The predicted octanol–water partition coefficient (Wildman–Crippen LogP) is 0.148. The standard InChI is InChI=1S/3C7H6O2.Cr/c3*8-7(9)6-4-2-1-3-5-6;/h3*1-5H,(H,8,9);/q;;;+3/p-3. The average molecular weight is 415 g/mol. The summed E-state index contributed by atoms with van der Waals surface area (Å²) in [5.41, 5.74) is 0.660. The fraction of sp³-hybridized carbons (Fsp3) is 0. The van der Waals surface area contributed by atoms with Gasteiger partial charge in [0.25, 0.3) is 0 Å². The molecule has 7 heteroatoms. The number of aromatic carboxylic acids is 3. The number of carboxylic acids is 3. The van der Waals surface area contributed by atoms with E-state index in [1.165, 1.54) is 36.4 Å². The molecule has 0 N–H and O–H groups in total. The summed E-state index contributed by atoms with van der Waals surface area (Å²) in [7, 11) is 0. The number of benzene rings is 3. The van der Waals surface area contributed by atoms with Gasteiger partial charge in [-0.2, -0.15) is 0 Å². The van der Waals surface area contributed by atoms with Crippen LogP contribution in [-0.4, -0.2) is 17.9 Å². The molecule has 3 rings (SSSR count). The molecule has 0 spiro atoms. The molecule has 0 saturated heterocycles. The van der Waals surface area contributed by atoms with Crippen molar-refractivity contribution < 1.29 is 47.1 Å². The normalized spacial score (nSPS) is 8.57. The summed E-state index contributed by atoms with van der Waals surface area (Å²) in [5, 5.41) is 30.3. The van der Waals surface area contributed by atoms with E-state index in [0.717, 1.165) is 0 Å². The van der Waals surface area contributed by atoms with Crippen LogP contribution in [0.5, 0.6) is 0 Å². The molecule has 3 aromatic carbocycles. The van der Waals surface area contributed by atoms with Crippen LogP contribution in [0.3, 0.4) is 0 Å². The number of hydrogen-bond donors (Lipinski definition) is 0. The molecule has 0 fully saturated rings. The molecule has 0 aliphatic rings. The van der Waals surface area contributed by atoms with E-state index < -0.39 is 17.9 Å². The van der Waals surface area contributed by atoms with Gasteiger partial charge in [0.15, 0.2) is 0 Å². The topological polar surface area (TPSA) is 120 Å². The maximum Gasteiger partial charge on any atom is 3.00 e. The fourth-order valence-corrected chi connectivity index (χ4v) is 1.72. The third kappa shape index (κ3) is 9.92. The molecular formula is C21H15CrO6. The molecule has 0 aromatic heterocycles. The monoisotopic (exact) mass is 415 g/mol. The van der Waals surface area contributed by atoms with E-state index in [2.05, 4.69) is 0 Å². The van der Waals surface area contributed by atoms with Crippen LogP contribution in [0.2, 0.25) is 0 Å². The summed E-state index contributed by atoms with van der Waals surface area (Å²) in [6.45, 7) is 0. The van der Waals surface area contributed by atoms with Gasteiger partial charge in [-0.25, -0.2) is 0 Å². The zero-order chi connectivity index (χ0) is 20.1. The first-order valence-electron chi connectivity index (χ1n) is 7.71. The molecule has 0 aliphatic carbocycles. The first kappa shape index (κ1) is 24.6. The largest absolute Gasteiger partial charge is 3.00 e. The second kappa shape index (κ2) is 13.8. The van der Waals surface area contributed by atoms with Gasteiger partial charge in [-0.3, -0.25) is 0 Å².